The fourth-order valence-corrected chi connectivity index (χ4v) is 1.82. The van der Waals surface area contributed by atoms with Crippen LogP contribution in [0, 0.1) is 5.92 Å². The summed E-state index contributed by atoms with van der Waals surface area (Å²) in [5.41, 5.74) is 0. The maximum Gasteiger partial charge on any atom is 0.118 e. The van der Waals surface area contributed by atoms with Gasteiger partial charge in [-0.3, -0.25) is 0 Å². The Morgan fingerprint density at radius 3 is 3.00 bits per heavy atom. The van der Waals surface area contributed by atoms with Crippen molar-refractivity contribution >= 4 is 15.9 Å². The van der Waals surface area contributed by atoms with Crippen LogP contribution in [0.1, 0.15) is 25.5 Å². The second kappa shape index (κ2) is 3.84. The monoisotopic (exact) mass is 243 g/mol. The molecule has 1 aromatic heterocycles. The van der Waals surface area contributed by atoms with E-state index in [4.69, 9.17) is 4.42 Å². The van der Waals surface area contributed by atoms with Gasteiger partial charge in [-0.05, 0) is 47.7 Å². The van der Waals surface area contributed by atoms with E-state index in [2.05, 4.69) is 28.2 Å². The third-order valence-electron chi connectivity index (χ3n) is 2.55. The average Bonchev–Trinajstić information content (AvgIpc) is 2.87. The van der Waals surface area contributed by atoms with Gasteiger partial charge in [-0.25, -0.2) is 0 Å². The Morgan fingerprint density at radius 2 is 2.46 bits per heavy atom. The Bertz CT molecular complexity index is 280. The molecular weight excluding hydrogens is 230 g/mol. The summed E-state index contributed by atoms with van der Waals surface area (Å²) in [7, 11) is 0. The normalized spacial score (nSPS) is 18.9. The van der Waals surface area contributed by atoms with Crippen LogP contribution in [0.3, 0.4) is 0 Å². The maximum absolute atomic E-state index is 5.31. The van der Waals surface area contributed by atoms with E-state index in [0.717, 1.165) is 22.7 Å². The van der Waals surface area contributed by atoms with Crippen molar-refractivity contribution in [1.29, 1.82) is 0 Å². The van der Waals surface area contributed by atoms with Crippen LogP contribution in [0.25, 0.3) is 0 Å². The highest BCUT2D eigenvalue weighted by atomic mass is 79.9. The number of rotatable bonds is 4. The lowest BCUT2D eigenvalue weighted by Crippen LogP contribution is -2.26. The molecule has 2 rings (SSSR count). The molecule has 13 heavy (non-hydrogen) atoms. The summed E-state index contributed by atoms with van der Waals surface area (Å²) in [6, 6.07) is 2.64. The molecule has 72 valence electrons. The van der Waals surface area contributed by atoms with Gasteiger partial charge >= 0.3 is 0 Å². The molecule has 0 bridgehead atoms. The van der Waals surface area contributed by atoms with Gasteiger partial charge < -0.3 is 9.73 Å². The van der Waals surface area contributed by atoms with Crippen molar-refractivity contribution in [3.05, 3.63) is 22.6 Å². The van der Waals surface area contributed by atoms with E-state index in [9.17, 15) is 0 Å². The lowest BCUT2D eigenvalue weighted by Gasteiger charge is -2.10. The van der Waals surface area contributed by atoms with Crippen LogP contribution < -0.4 is 5.32 Å². The van der Waals surface area contributed by atoms with Crippen LogP contribution in [0.4, 0.5) is 0 Å². The van der Waals surface area contributed by atoms with E-state index in [1.54, 1.807) is 6.26 Å². The molecule has 1 atom stereocenters. The summed E-state index contributed by atoms with van der Waals surface area (Å²) in [5, 5.41) is 3.46. The molecule has 0 saturated heterocycles. The fraction of sp³-hybridized carbons (Fsp3) is 0.600. The zero-order valence-corrected chi connectivity index (χ0v) is 9.30. The van der Waals surface area contributed by atoms with E-state index in [-0.39, 0.29) is 0 Å². The number of halogens is 1. The summed E-state index contributed by atoms with van der Waals surface area (Å²) in [6.07, 6.45) is 4.49. The molecule has 0 aliphatic heterocycles. The fourth-order valence-electron chi connectivity index (χ4n) is 1.47. The van der Waals surface area contributed by atoms with Crippen molar-refractivity contribution in [2.75, 3.05) is 0 Å². The Labute approximate surface area is 86.8 Å². The van der Waals surface area contributed by atoms with Gasteiger partial charge in [0.15, 0.2) is 0 Å². The Kier molecular flexibility index (Phi) is 2.74. The summed E-state index contributed by atoms with van der Waals surface area (Å²) >= 11 is 3.36. The Hall–Kier alpha value is -0.280. The zero-order chi connectivity index (χ0) is 9.26. The molecule has 1 N–H and O–H groups in total. The second-order valence-corrected chi connectivity index (χ2v) is 4.65. The quantitative estimate of drug-likeness (QED) is 0.880. The minimum absolute atomic E-state index is 0.629. The van der Waals surface area contributed by atoms with Gasteiger partial charge in [0.2, 0.25) is 0 Å². The average molecular weight is 244 g/mol. The number of furan rings is 1. The van der Waals surface area contributed by atoms with Crippen molar-refractivity contribution in [1.82, 2.24) is 5.32 Å². The van der Waals surface area contributed by atoms with Gasteiger partial charge in [-0.2, -0.15) is 0 Å². The van der Waals surface area contributed by atoms with E-state index < -0.39 is 0 Å². The second-order valence-electron chi connectivity index (χ2n) is 3.74. The molecular formula is C10H14BrNO. The number of hydrogen-bond acceptors (Lipinski definition) is 2. The molecule has 1 saturated carbocycles. The topological polar surface area (TPSA) is 25.2 Å². The molecule has 0 spiro atoms. The molecule has 0 radical (unpaired) electrons. The molecule has 1 fully saturated rings. The van der Waals surface area contributed by atoms with E-state index in [1.165, 1.54) is 12.8 Å². The van der Waals surface area contributed by atoms with Crippen LogP contribution in [0.5, 0.6) is 0 Å². The third kappa shape index (κ3) is 2.58. The molecule has 1 aliphatic rings. The SMILES string of the molecule is C[C@H](NCc1cc(Br)co1)C1CC1. The standard InChI is InChI=1S/C10H14BrNO/c1-7(8-2-3-8)12-5-10-4-9(11)6-13-10/h4,6-8,12H,2-3,5H2,1H3/t7-/m0/s1. The molecule has 1 aromatic rings. The molecule has 3 heteroatoms. The molecule has 1 heterocycles. The van der Waals surface area contributed by atoms with Crippen molar-refractivity contribution in [3.63, 3.8) is 0 Å². The molecule has 1 aliphatic carbocycles. The Balaban J connectivity index is 1.78. The van der Waals surface area contributed by atoms with E-state index in [0.29, 0.717) is 6.04 Å². The van der Waals surface area contributed by atoms with Crippen LogP contribution >= 0.6 is 15.9 Å². The van der Waals surface area contributed by atoms with Gasteiger partial charge in [-0.1, -0.05) is 0 Å². The smallest absolute Gasteiger partial charge is 0.118 e. The first-order valence-electron chi connectivity index (χ1n) is 4.72. The first-order chi connectivity index (χ1) is 6.25. The zero-order valence-electron chi connectivity index (χ0n) is 7.72. The minimum Gasteiger partial charge on any atom is -0.467 e. The van der Waals surface area contributed by atoms with Gasteiger partial charge in [0.05, 0.1) is 11.0 Å². The van der Waals surface area contributed by atoms with Crippen molar-refractivity contribution in [2.24, 2.45) is 5.92 Å². The molecule has 0 amide bonds. The summed E-state index contributed by atoms with van der Waals surface area (Å²) in [6.45, 7) is 3.08. The van der Waals surface area contributed by atoms with Gasteiger partial charge in [-0.15, -0.1) is 0 Å². The van der Waals surface area contributed by atoms with Gasteiger partial charge in [0.25, 0.3) is 0 Å². The summed E-state index contributed by atoms with van der Waals surface area (Å²) < 4.78 is 6.32. The van der Waals surface area contributed by atoms with Crippen molar-refractivity contribution in [3.8, 4) is 0 Å². The minimum atomic E-state index is 0.629. The predicted octanol–water partition coefficient (Wildman–Crippen LogP) is 2.93. The largest absolute Gasteiger partial charge is 0.467 e. The highest BCUT2D eigenvalue weighted by Crippen LogP contribution is 2.32. The number of nitrogens with one attached hydrogen (secondary N) is 1. The first kappa shape index (κ1) is 9.28. The van der Waals surface area contributed by atoms with Crippen LogP contribution in [-0.2, 0) is 6.54 Å². The first-order valence-corrected chi connectivity index (χ1v) is 5.51. The Morgan fingerprint density at radius 1 is 1.69 bits per heavy atom. The van der Waals surface area contributed by atoms with Gasteiger partial charge in [0.1, 0.15) is 12.0 Å². The van der Waals surface area contributed by atoms with Crippen molar-refractivity contribution < 1.29 is 4.42 Å². The maximum atomic E-state index is 5.31. The van der Waals surface area contributed by atoms with Crippen LogP contribution in [0.15, 0.2) is 21.2 Å². The van der Waals surface area contributed by atoms with E-state index in [1.807, 2.05) is 6.07 Å². The van der Waals surface area contributed by atoms with Crippen LogP contribution in [0.2, 0.25) is 0 Å². The third-order valence-corrected chi connectivity index (χ3v) is 2.96. The molecule has 2 nitrogen and oxygen atoms in total. The summed E-state index contributed by atoms with van der Waals surface area (Å²) in [5.74, 6) is 1.90. The lowest BCUT2D eigenvalue weighted by atomic mass is 10.2. The van der Waals surface area contributed by atoms with Crippen LogP contribution in [-0.4, -0.2) is 6.04 Å². The highest BCUT2D eigenvalue weighted by Gasteiger charge is 2.27. The highest BCUT2D eigenvalue weighted by molar-refractivity contribution is 9.10. The predicted molar refractivity (Wildman–Crippen MR) is 55.4 cm³/mol. The van der Waals surface area contributed by atoms with Crippen molar-refractivity contribution in [2.45, 2.75) is 32.4 Å². The molecule has 0 unspecified atom stereocenters. The van der Waals surface area contributed by atoms with E-state index >= 15 is 0 Å². The molecule has 0 aromatic carbocycles. The summed E-state index contributed by atoms with van der Waals surface area (Å²) in [4.78, 5) is 0. The number of hydrogen-bond donors (Lipinski definition) is 1. The lowest BCUT2D eigenvalue weighted by molar-refractivity contribution is 0.435. The van der Waals surface area contributed by atoms with Gasteiger partial charge in [0, 0.05) is 6.04 Å².